The molecule has 0 aromatic carbocycles. The van der Waals surface area contributed by atoms with E-state index in [4.69, 9.17) is 0 Å². The molecule has 0 aromatic rings. The summed E-state index contributed by atoms with van der Waals surface area (Å²) in [4.78, 5) is 14.4. The van der Waals surface area contributed by atoms with Crippen molar-refractivity contribution in [2.75, 3.05) is 6.54 Å². The highest BCUT2D eigenvalue weighted by Gasteiger charge is 2.49. The molecule has 1 aliphatic carbocycles. The molecule has 0 atom stereocenters. The molecule has 2 aliphatic heterocycles. The molecule has 2 fully saturated rings. The summed E-state index contributed by atoms with van der Waals surface area (Å²) >= 11 is 3.58. The van der Waals surface area contributed by atoms with E-state index < -0.39 is 0 Å². The Morgan fingerprint density at radius 3 is 2.76 bits per heavy atom. The number of rotatable bonds is 0. The van der Waals surface area contributed by atoms with E-state index >= 15 is 0 Å². The molecule has 1 saturated heterocycles. The van der Waals surface area contributed by atoms with E-state index in [-0.39, 0.29) is 11.6 Å². The van der Waals surface area contributed by atoms with Gasteiger partial charge in [-0.2, -0.15) is 0 Å². The van der Waals surface area contributed by atoms with Crippen molar-refractivity contribution in [3.8, 4) is 0 Å². The quantitative estimate of drug-likeness (QED) is 0.745. The molecule has 3 aliphatic rings. The molecule has 92 valence electrons. The fraction of sp³-hybridized carbons (Fsp3) is 0.615. The van der Waals surface area contributed by atoms with Crippen LogP contribution in [-0.2, 0) is 4.79 Å². The van der Waals surface area contributed by atoms with Gasteiger partial charge in [-0.15, -0.1) is 0 Å². The summed E-state index contributed by atoms with van der Waals surface area (Å²) in [7, 11) is 0. The number of hydrogen-bond donors (Lipinski definition) is 1. The van der Waals surface area contributed by atoms with Gasteiger partial charge < -0.3 is 10.2 Å². The Hall–Kier alpha value is -0.770. The molecule has 0 radical (unpaired) electrons. The van der Waals surface area contributed by atoms with Gasteiger partial charge in [-0.25, -0.2) is 0 Å². The van der Waals surface area contributed by atoms with Crippen LogP contribution < -0.4 is 5.32 Å². The van der Waals surface area contributed by atoms with Crippen molar-refractivity contribution in [3.63, 3.8) is 0 Å². The van der Waals surface area contributed by atoms with Crippen LogP contribution in [0.4, 0.5) is 0 Å². The fourth-order valence-corrected chi connectivity index (χ4v) is 3.92. The van der Waals surface area contributed by atoms with Crippen LogP contribution in [0.25, 0.3) is 0 Å². The lowest BCUT2D eigenvalue weighted by Gasteiger charge is -2.43. The smallest absolute Gasteiger partial charge is 0.269 e. The number of carbonyl (C=O) groups is 1. The molecule has 1 spiro atoms. The summed E-state index contributed by atoms with van der Waals surface area (Å²) in [5.74, 6) is 0.112. The number of halogens is 1. The van der Waals surface area contributed by atoms with E-state index in [2.05, 4.69) is 32.2 Å². The van der Waals surface area contributed by atoms with Crippen molar-refractivity contribution in [1.29, 1.82) is 0 Å². The SMILES string of the molecule is CC1=C2C(=O)NC3(CCCCC3)N2CC(Br)=C1. The van der Waals surface area contributed by atoms with Crippen LogP contribution in [0, 0.1) is 0 Å². The highest BCUT2D eigenvalue weighted by Crippen LogP contribution is 2.41. The Morgan fingerprint density at radius 1 is 1.35 bits per heavy atom. The molecule has 1 N–H and O–H groups in total. The topological polar surface area (TPSA) is 32.3 Å². The maximum atomic E-state index is 12.1. The second-order valence-corrected chi connectivity index (χ2v) is 6.27. The number of carbonyl (C=O) groups excluding carboxylic acids is 1. The van der Waals surface area contributed by atoms with E-state index in [1.165, 1.54) is 23.7 Å². The van der Waals surface area contributed by atoms with Gasteiger partial charge >= 0.3 is 0 Å². The average molecular weight is 297 g/mol. The summed E-state index contributed by atoms with van der Waals surface area (Å²) < 4.78 is 1.17. The molecule has 3 rings (SSSR count). The second-order valence-electron chi connectivity index (χ2n) is 5.26. The molecule has 0 bridgehead atoms. The minimum absolute atomic E-state index is 0.0980. The molecule has 1 saturated carbocycles. The number of allylic oxidation sites excluding steroid dienone is 2. The van der Waals surface area contributed by atoms with E-state index in [0.29, 0.717) is 0 Å². The van der Waals surface area contributed by atoms with Crippen molar-refractivity contribution < 1.29 is 4.79 Å². The van der Waals surface area contributed by atoms with Crippen LogP contribution in [-0.4, -0.2) is 23.0 Å². The summed E-state index contributed by atoms with van der Waals surface area (Å²) in [6.45, 7) is 2.84. The summed E-state index contributed by atoms with van der Waals surface area (Å²) in [6, 6.07) is 0. The zero-order chi connectivity index (χ0) is 12.0. The highest BCUT2D eigenvalue weighted by molar-refractivity contribution is 9.11. The van der Waals surface area contributed by atoms with Crippen LogP contribution in [0.3, 0.4) is 0 Å². The van der Waals surface area contributed by atoms with Crippen molar-refractivity contribution >= 4 is 21.8 Å². The zero-order valence-corrected chi connectivity index (χ0v) is 11.6. The van der Waals surface area contributed by atoms with Crippen LogP contribution in [0.5, 0.6) is 0 Å². The highest BCUT2D eigenvalue weighted by atomic mass is 79.9. The van der Waals surface area contributed by atoms with E-state index in [1.807, 2.05) is 6.92 Å². The fourth-order valence-electron chi connectivity index (χ4n) is 3.33. The van der Waals surface area contributed by atoms with E-state index in [9.17, 15) is 4.79 Å². The van der Waals surface area contributed by atoms with Gasteiger partial charge in [0, 0.05) is 4.48 Å². The minimum Gasteiger partial charge on any atom is -0.339 e. The third-order valence-electron chi connectivity index (χ3n) is 4.08. The number of nitrogens with zero attached hydrogens (tertiary/aromatic N) is 1. The lowest BCUT2D eigenvalue weighted by molar-refractivity contribution is -0.117. The number of amides is 1. The van der Waals surface area contributed by atoms with Crippen LogP contribution in [0.2, 0.25) is 0 Å². The van der Waals surface area contributed by atoms with Crippen LogP contribution in [0.1, 0.15) is 39.0 Å². The molecule has 1 amide bonds. The molecule has 4 heteroatoms. The third-order valence-corrected chi connectivity index (χ3v) is 4.56. The van der Waals surface area contributed by atoms with Gasteiger partial charge in [-0.1, -0.05) is 22.4 Å². The second kappa shape index (κ2) is 3.87. The minimum atomic E-state index is -0.0980. The first-order valence-corrected chi connectivity index (χ1v) is 7.09. The Morgan fingerprint density at radius 2 is 2.06 bits per heavy atom. The number of nitrogens with one attached hydrogen (secondary N) is 1. The van der Waals surface area contributed by atoms with Gasteiger partial charge in [-0.3, -0.25) is 4.79 Å². The average Bonchev–Trinajstić information content (AvgIpc) is 2.53. The monoisotopic (exact) mass is 296 g/mol. The predicted octanol–water partition coefficient (Wildman–Crippen LogP) is 2.65. The molecule has 17 heavy (non-hydrogen) atoms. The van der Waals surface area contributed by atoms with Crippen LogP contribution in [0.15, 0.2) is 21.8 Å². The lowest BCUT2D eigenvalue weighted by atomic mass is 9.88. The van der Waals surface area contributed by atoms with Gasteiger partial charge in [0.05, 0.1) is 6.54 Å². The molecule has 2 heterocycles. The standard InChI is InChI=1S/C13H17BrN2O/c1-9-7-10(14)8-16-11(9)12(17)15-13(16)5-3-2-4-6-13/h7H,2-6,8H2,1H3,(H,15,17). The normalized spacial score (nSPS) is 27.1. The first-order chi connectivity index (χ1) is 8.12. The van der Waals surface area contributed by atoms with Crippen molar-refractivity contribution in [3.05, 3.63) is 21.8 Å². The summed E-state index contributed by atoms with van der Waals surface area (Å²) in [5, 5.41) is 3.24. The van der Waals surface area contributed by atoms with Gasteiger partial charge in [0.25, 0.3) is 5.91 Å². The Labute approximate surface area is 110 Å². The Bertz CT molecular complexity index is 433. The number of fused-ring (bicyclic) bond motifs is 2. The molecule has 0 aromatic heterocycles. The van der Waals surface area contributed by atoms with Gasteiger partial charge in [0.1, 0.15) is 11.4 Å². The number of hydrogen-bond acceptors (Lipinski definition) is 2. The zero-order valence-electron chi connectivity index (χ0n) is 10.1. The van der Waals surface area contributed by atoms with Gasteiger partial charge in [0.15, 0.2) is 0 Å². The first-order valence-electron chi connectivity index (χ1n) is 6.29. The Kier molecular flexibility index (Phi) is 2.58. The largest absolute Gasteiger partial charge is 0.339 e. The van der Waals surface area contributed by atoms with Crippen LogP contribution >= 0.6 is 15.9 Å². The third kappa shape index (κ3) is 1.65. The van der Waals surface area contributed by atoms with Crippen molar-refractivity contribution in [2.24, 2.45) is 0 Å². The molecular formula is C13H17BrN2O. The first kappa shape index (κ1) is 11.3. The van der Waals surface area contributed by atoms with Crippen molar-refractivity contribution in [2.45, 2.75) is 44.7 Å². The molecule has 0 unspecified atom stereocenters. The molecular weight excluding hydrogens is 280 g/mol. The Balaban J connectivity index is 2.02. The maximum absolute atomic E-state index is 12.1. The summed E-state index contributed by atoms with van der Waals surface area (Å²) in [5.41, 5.74) is 1.86. The predicted molar refractivity (Wildman–Crippen MR) is 70.4 cm³/mol. The summed E-state index contributed by atoms with van der Waals surface area (Å²) in [6.07, 6.45) is 7.94. The van der Waals surface area contributed by atoms with E-state index in [1.54, 1.807) is 0 Å². The van der Waals surface area contributed by atoms with Gasteiger partial charge in [0.2, 0.25) is 0 Å². The van der Waals surface area contributed by atoms with Gasteiger partial charge in [-0.05, 0) is 44.3 Å². The maximum Gasteiger partial charge on any atom is 0.269 e. The van der Waals surface area contributed by atoms with E-state index in [0.717, 1.165) is 30.7 Å². The van der Waals surface area contributed by atoms with Crippen molar-refractivity contribution in [1.82, 2.24) is 10.2 Å². The lowest BCUT2D eigenvalue weighted by Crippen LogP contribution is -2.53. The molecule has 3 nitrogen and oxygen atoms in total.